The van der Waals surface area contributed by atoms with Crippen LogP contribution in [-0.2, 0) is 35.7 Å². The van der Waals surface area contributed by atoms with Crippen molar-refractivity contribution in [3.63, 3.8) is 0 Å². The molecule has 44 heavy (non-hydrogen) atoms. The maximum atomic E-state index is 14.0. The van der Waals surface area contributed by atoms with Crippen LogP contribution in [0.3, 0.4) is 0 Å². The first-order chi connectivity index (χ1) is 20.7. The highest BCUT2D eigenvalue weighted by Crippen LogP contribution is 2.40. The minimum absolute atomic E-state index is 0.0131. The molecule has 1 saturated heterocycles. The van der Waals surface area contributed by atoms with Gasteiger partial charge in [-0.05, 0) is 18.6 Å². The molecule has 0 amide bonds. The molecule has 0 saturated carbocycles. The molecular weight excluding hydrogens is 627 g/mol. The lowest BCUT2D eigenvalue weighted by Crippen LogP contribution is -2.40. The fraction of sp³-hybridized carbons (Fsp3) is 0.643. The standard InChI is InChI=1S/C28H37F5N6O3S2/c1-44(41,42)38-10-5-24-22(18-38)26(35-39(24)17-21(40)16-37-9-2-8-34-19-37)20-3-4-23(28(31,32)33)25(15-20)43-14-13-36-11-6-27(29,30)7-12-36/h3-4,15,19,21,40H,2,5-14,16-18H2,1H3/t21-/m0/s1. The number of aliphatic hydroxyl groups excluding tert-OH is 1. The minimum Gasteiger partial charge on any atom is -0.389 e. The molecule has 16 heteroatoms. The highest BCUT2D eigenvalue weighted by Gasteiger charge is 2.36. The SMILES string of the molecule is CS(=O)(=O)N1CCc2c(c(-c3ccc(C(F)(F)F)c(SCCN4CCC(F)(F)CC4)c3)nn2C[C@@H](O)CN2C=NCCC2)C1. The van der Waals surface area contributed by atoms with Gasteiger partial charge in [-0.2, -0.15) is 22.6 Å². The molecule has 4 heterocycles. The second kappa shape index (κ2) is 13.2. The van der Waals surface area contributed by atoms with Gasteiger partial charge in [-0.1, -0.05) is 6.07 Å². The molecule has 5 rings (SSSR count). The fourth-order valence-corrected chi connectivity index (χ4v) is 7.71. The van der Waals surface area contributed by atoms with Crippen LogP contribution in [0.4, 0.5) is 22.0 Å². The van der Waals surface area contributed by atoms with Gasteiger partial charge in [0.25, 0.3) is 5.92 Å². The highest BCUT2D eigenvalue weighted by atomic mass is 32.2. The molecule has 0 unspecified atom stereocenters. The van der Waals surface area contributed by atoms with Crippen LogP contribution in [0.1, 0.15) is 36.1 Å². The molecule has 0 spiro atoms. The van der Waals surface area contributed by atoms with Crippen molar-refractivity contribution in [1.82, 2.24) is 23.9 Å². The zero-order valence-electron chi connectivity index (χ0n) is 24.4. The van der Waals surface area contributed by atoms with Crippen LogP contribution in [0.15, 0.2) is 28.1 Å². The van der Waals surface area contributed by atoms with E-state index in [9.17, 15) is 35.5 Å². The lowest BCUT2D eigenvalue weighted by atomic mass is 10.0. The van der Waals surface area contributed by atoms with Gasteiger partial charge in [0.15, 0.2) is 0 Å². The Kier molecular flexibility index (Phi) is 9.95. The fourth-order valence-electron chi connectivity index (χ4n) is 5.81. The monoisotopic (exact) mass is 664 g/mol. The molecule has 3 aliphatic rings. The zero-order valence-corrected chi connectivity index (χ0v) is 26.1. The van der Waals surface area contributed by atoms with Crippen molar-refractivity contribution in [2.45, 2.75) is 61.9 Å². The van der Waals surface area contributed by atoms with E-state index in [4.69, 9.17) is 5.10 Å². The molecule has 0 aliphatic carbocycles. The lowest BCUT2D eigenvalue weighted by Gasteiger charge is -2.31. The summed E-state index contributed by atoms with van der Waals surface area (Å²) in [7, 11) is -3.54. The third-order valence-electron chi connectivity index (χ3n) is 8.19. The van der Waals surface area contributed by atoms with Gasteiger partial charge < -0.3 is 14.9 Å². The van der Waals surface area contributed by atoms with E-state index in [1.807, 2.05) is 9.80 Å². The molecule has 1 N–H and O–H groups in total. The number of piperidine rings is 1. The maximum absolute atomic E-state index is 14.0. The van der Waals surface area contributed by atoms with Gasteiger partial charge in [0.1, 0.15) is 0 Å². The maximum Gasteiger partial charge on any atom is 0.417 e. The van der Waals surface area contributed by atoms with Crippen molar-refractivity contribution in [2.75, 3.05) is 57.8 Å². The first kappa shape index (κ1) is 33.1. The number of aliphatic imine (C=N–C) groups is 1. The molecule has 9 nitrogen and oxygen atoms in total. The van der Waals surface area contributed by atoms with Gasteiger partial charge in [-0.25, -0.2) is 17.2 Å². The highest BCUT2D eigenvalue weighted by molar-refractivity contribution is 7.99. The molecule has 1 fully saturated rings. The van der Waals surface area contributed by atoms with Crippen molar-refractivity contribution in [1.29, 1.82) is 0 Å². The summed E-state index contributed by atoms with van der Waals surface area (Å²) in [5.74, 6) is -2.42. The van der Waals surface area contributed by atoms with Crippen LogP contribution in [0.25, 0.3) is 11.3 Å². The normalized spacial score (nSPS) is 20.6. The van der Waals surface area contributed by atoms with Crippen molar-refractivity contribution in [2.24, 2.45) is 4.99 Å². The van der Waals surface area contributed by atoms with Crippen molar-refractivity contribution >= 4 is 28.1 Å². The van der Waals surface area contributed by atoms with E-state index in [1.54, 1.807) is 11.0 Å². The second-order valence-electron chi connectivity index (χ2n) is 11.6. The second-order valence-corrected chi connectivity index (χ2v) is 14.7. The summed E-state index contributed by atoms with van der Waals surface area (Å²) in [5.41, 5.74) is 1.30. The number of thioether (sulfide) groups is 1. The topological polar surface area (TPSA) is 94.3 Å². The van der Waals surface area contributed by atoms with Crippen LogP contribution >= 0.6 is 11.8 Å². The summed E-state index contributed by atoms with van der Waals surface area (Å²) >= 11 is 1.01. The van der Waals surface area contributed by atoms with E-state index in [2.05, 4.69) is 4.99 Å². The van der Waals surface area contributed by atoms with E-state index >= 15 is 0 Å². The molecule has 1 aromatic carbocycles. The number of aromatic nitrogens is 2. The summed E-state index contributed by atoms with van der Waals surface area (Å²) < 4.78 is 96.8. The Hall–Kier alpha value is -2.27. The van der Waals surface area contributed by atoms with E-state index in [1.165, 1.54) is 16.4 Å². The molecular formula is C28H37F5N6O3S2. The molecule has 0 radical (unpaired) electrons. The summed E-state index contributed by atoms with van der Waals surface area (Å²) in [4.78, 5) is 7.98. The first-order valence-electron chi connectivity index (χ1n) is 14.6. The van der Waals surface area contributed by atoms with E-state index in [0.717, 1.165) is 49.3 Å². The third-order valence-corrected chi connectivity index (χ3v) is 10.5. The average molecular weight is 665 g/mol. The smallest absolute Gasteiger partial charge is 0.389 e. The van der Waals surface area contributed by atoms with Crippen LogP contribution < -0.4 is 0 Å². The van der Waals surface area contributed by atoms with Crippen LogP contribution in [0.2, 0.25) is 0 Å². The Morgan fingerprint density at radius 1 is 1.11 bits per heavy atom. The Morgan fingerprint density at radius 3 is 2.52 bits per heavy atom. The molecule has 2 aromatic rings. The van der Waals surface area contributed by atoms with Crippen LogP contribution in [0, 0.1) is 0 Å². The predicted molar refractivity (Wildman–Crippen MR) is 159 cm³/mol. The number of hydrogen-bond donors (Lipinski definition) is 1. The Labute approximate surface area is 258 Å². The van der Waals surface area contributed by atoms with Gasteiger partial charge in [-0.15, -0.1) is 11.8 Å². The average Bonchev–Trinajstić information content (AvgIpc) is 3.31. The lowest BCUT2D eigenvalue weighted by molar-refractivity contribution is -0.139. The largest absolute Gasteiger partial charge is 0.417 e. The number of rotatable bonds is 10. The summed E-state index contributed by atoms with van der Waals surface area (Å²) in [6, 6.07) is 3.77. The number of fused-ring (bicyclic) bond motifs is 1. The van der Waals surface area contributed by atoms with Crippen molar-refractivity contribution in [3.8, 4) is 11.3 Å². The first-order valence-corrected chi connectivity index (χ1v) is 17.4. The Bertz CT molecular complexity index is 1460. The van der Waals surface area contributed by atoms with Crippen LogP contribution in [-0.4, -0.2) is 114 Å². The number of sulfonamides is 1. The van der Waals surface area contributed by atoms with Crippen molar-refractivity contribution < 1.29 is 35.5 Å². The summed E-state index contributed by atoms with van der Waals surface area (Å²) in [5, 5.41) is 15.6. The number of halogens is 5. The number of nitrogens with zero attached hydrogens (tertiary/aromatic N) is 6. The number of hydrogen-bond acceptors (Lipinski definition) is 8. The predicted octanol–water partition coefficient (Wildman–Crippen LogP) is 3.80. The molecule has 1 atom stereocenters. The third kappa shape index (κ3) is 8.11. The zero-order chi connectivity index (χ0) is 31.7. The van der Waals surface area contributed by atoms with E-state index in [0.29, 0.717) is 36.3 Å². The summed E-state index contributed by atoms with van der Waals surface area (Å²) in [6.07, 6.45) is -1.90. The van der Waals surface area contributed by atoms with E-state index in [-0.39, 0.29) is 56.2 Å². The van der Waals surface area contributed by atoms with E-state index < -0.39 is 33.8 Å². The quantitative estimate of drug-likeness (QED) is 0.305. The minimum atomic E-state index is -4.61. The molecule has 1 aromatic heterocycles. The molecule has 3 aliphatic heterocycles. The van der Waals surface area contributed by atoms with Gasteiger partial charge in [-0.3, -0.25) is 9.67 Å². The molecule has 0 bridgehead atoms. The van der Waals surface area contributed by atoms with Crippen molar-refractivity contribution in [3.05, 3.63) is 35.0 Å². The summed E-state index contributed by atoms with van der Waals surface area (Å²) in [6.45, 7) is 2.96. The Morgan fingerprint density at radius 2 is 1.86 bits per heavy atom. The number of likely N-dealkylation sites (tertiary alicyclic amines) is 1. The van der Waals surface area contributed by atoms with Gasteiger partial charge in [0, 0.05) is 99.1 Å². The number of benzene rings is 1. The van der Waals surface area contributed by atoms with Gasteiger partial charge >= 0.3 is 6.18 Å². The number of alkyl halides is 5. The Balaban J connectivity index is 1.42. The molecule has 244 valence electrons. The van der Waals surface area contributed by atoms with Gasteiger partial charge in [0.2, 0.25) is 10.0 Å². The van der Waals surface area contributed by atoms with Gasteiger partial charge in [0.05, 0.1) is 36.5 Å². The van der Waals surface area contributed by atoms with Crippen LogP contribution in [0.5, 0.6) is 0 Å². The number of β-amino-alcohol motifs (C(OH)–C–C–N with tert-alkyl or cyclic N) is 1. The number of aliphatic hydroxyl groups is 1.